The number of carboxylic acids is 1. The molecule has 348 valence electrons. The van der Waals surface area contributed by atoms with Crippen molar-refractivity contribution in [2.45, 2.75) is 70.4 Å². The van der Waals surface area contributed by atoms with Gasteiger partial charge in [0.2, 0.25) is 29.5 Å². The van der Waals surface area contributed by atoms with Crippen LogP contribution in [0.3, 0.4) is 0 Å². The van der Waals surface area contributed by atoms with Crippen LogP contribution in [0.25, 0.3) is 22.3 Å². The van der Waals surface area contributed by atoms with E-state index in [1.165, 1.54) is 21.6 Å². The number of ether oxygens (including phenoxy) is 1. The molecule has 66 heavy (non-hydrogen) atoms. The minimum atomic E-state index is -2.08. The maximum absolute atomic E-state index is 15.5. The van der Waals surface area contributed by atoms with Gasteiger partial charge < -0.3 is 51.8 Å². The van der Waals surface area contributed by atoms with Crippen molar-refractivity contribution < 1.29 is 52.9 Å². The van der Waals surface area contributed by atoms with Gasteiger partial charge in [-0.1, -0.05) is 37.3 Å². The lowest BCUT2D eigenvalue weighted by Crippen LogP contribution is -2.55. The SMILES string of the molecule is CC[C@@]1(O)C(=O)OCc2c1cc1n(c2=O)Cc2c-1nc1cc(F)c(C)c3c1c2[C@@H](NC(=O)CN(CCN(CC(N)=O)C(=O)[C@H](Cc1ccccc1)NC(=O)CNC(=O)CN)CC(=O)O)CC3. The number of fused-ring (bicyclic) bond motifs is 5. The Hall–Kier alpha value is -7.10. The number of cyclic esters (lactones) is 1. The van der Waals surface area contributed by atoms with Crippen LogP contribution in [0, 0.1) is 12.7 Å². The number of nitrogens with zero attached hydrogens (tertiary/aromatic N) is 4. The molecule has 9 N–H and O–H groups in total. The van der Waals surface area contributed by atoms with E-state index in [4.69, 9.17) is 21.2 Å². The van der Waals surface area contributed by atoms with Crippen LogP contribution in [0.2, 0.25) is 0 Å². The average molecular weight is 912 g/mol. The Kier molecular flexibility index (Phi) is 13.6. The third kappa shape index (κ3) is 9.35. The van der Waals surface area contributed by atoms with Gasteiger partial charge in [-0.3, -0.25) is 38.5 Å². The zero-order valence-electron chi connectivity index (χ0n) is 36.3. The summed E-state index contributed by atoms with van der Waals surface area (Å²) < 4.78 is 22.1. The molecule has 3 aliphatic rings. The fourth-order valence-corrected chi connectivity index (χ4v) is 9.03. The van der Waals surface area contributed by atoms with E-state index in [0.29, 0.717) is 57.4 Å². The van der Waals surface area contributed by atoms with Gasteiger partial charge in [-0.2, -0.15) is 0 Å². The van der Waals surface area contributed by atoms with E-state index in [9.17, 15) is 48.6 Å². The molecule has 0 saturated heterocycles. The number of hydrogen-bond acceptors (Lipinski definition) is 13. The number of aliphatic carboxylic acids is 1. The summed E-state index contributed by atoms with van der Waals surface area (Å²) in [6.07, 6.45) is 0.535. The summed E-state index contributed by atoms with van der Waals surface area (Å²) in [5, 5.41) is 29.8. The first-order chi connectivity index (χ1) is 31.4. The van der Waals surface area contributed by atoms with Crippen molar-refractivity contribution in [3.05, 3.63) is 97.6 Å². The molecule has 1 aliphatic carbocycles. The molecule has 5 amide bonds. The van der Waals surface area contributed by atoms with Crippen molar-refractivity contribution in [2.24, 2.45) is 11.5 Å². The molecule has 0 radical (unpaired) electrons. The predicted octanol–water partition coefficient (Wildman–Crippen LogP) is -0.866. The number of pyridine rings is 2. The minimum Gasteiger partial charge on any atom is -0.480 e. The number of benzene rings is 2. The molecule has 3 atom stereocenters. The number of aryl methyl sites for hydroxylation is 1. The van der Waals surface area contributed by atoms with E-state index >= 15 is 4.39 Å². The lowest BCUT2D eigenvalue weighted by molar-refractivity contribution is -0.172. The molecule has 2 aliphatic heterocycles. The maximum atomic E-state index is 15.5. The van der Waals surface area contributed by atoms with Crippen LogP contribution in [-0.4, -0.2) is 123 Å². The van der Waals surface area contributed by atoms with E-state index in [1.54, 1.807) is 44.2 Å². The molecular formula is C45H50FN9O11. The van der Waals surface area contributed by atoms with Crippen LogP contribution in [0.4, 0.5) is 4.39 Å². The second kappa shape index (κ2) is 19.2. The number of primary amides is 1. The molecule has 0 unspecified atom stereocenters. The average Bonchev–Trinajstić information content (AvgIpc) is 3.65. The molecule has 0 saturated carbocycles. The van der Waals surface area contributed by atoms with Gasteiger partial charge in [-0.25, -0.2) is 14.2 Å². The van der Waals surface area contributed by atoms with Crippen LogP contribution >= 0.6 is 0 Å². The summed E-state index contributed by atoms with van der Waals surface area (Å²) in [5.74, 6) is -6.26. The first-order valence-electron chi connectivity index (χ1n) is 21.4. The topological polar surface area (TPSA) is 299 Å². The summed E-state index contributed by atoms with van der Waals surface area (Å²) in [6, 6.07) is 9.50. The molecule has 2 aromatic heterocycles. The fourth-order valence-electron chi connectivity index (χ4n) is 9.03. The number of carboxylic acid groups (broad SMARTS) is 1. The van der Waals surface area contributed by atoms with Gasteiger partial charge >= 0.3 is 11.9 Å². The quantitative estimate of drug-likeness (QED) is 0.0527. The van der Waals surface area contributed by atoms with Crippen molar-refractivity contribution in [1.82, 2.24) is 35.3 Å². The number of rotatable bonds is 18. The Labute approximate surface area is 376 Å². The summed E-state index contributed by atoms with van der Waals surface area (Å²) in [5.41, 5.74) is 12.2. The number of hydrogen-bond donors (Lipinski definition) is 7. The van der Waals surface area contributed by atoms with Gasteiger partial charge in [-0.05, 0) is 54.5 Å². The maximum Gasteiger partial charge on any atom is 0.343 e. The molecule has 20 nitrogen and oxygen atoms in total. The van der Waals surface area contributed by atoms with Crippen LogP contribution in [0.5, 0.6) is 0 Å². The predicted molar refractivity (Wildman–Crippen MR) is 232 cm³/mol. The number of aliphatic hydroxyl groups is 1. The minimum absolute atomic E-state index is 0.00128. The highest BCUT2D eigenvalue weighted by Crippen LogP contribution is 2.46. The van der Waals surface area contributed by atoms with E-state index in [-0.39, 0.29) is 62.3 Å². The van der Waals surface area contributed by atoms with Crippen LogP contribution < -0.4 is 33.0 Å². The second-order valence-corrected chi connectivity index (χ2v) is 16.6. The third-order valence-corrected chi connectivity index (χ3v) is 12.3. The Morgan fingerprint density at radius 2 is 1.76 bits per heavy atom. The van der Waals surface area contributed by atoms with Gasteiger partial charge in [0.05, 0.1) is 67.8 Å². The van der Waals surface area contributed by atoms with Gasteiger partial charge in [0.25, 0.3) is 5.56 Å². The zero-order chi connectivity index (χ0) is 47.6. The van der Waals surface area contributed by atoms with E-state index in [2.05, 4.69) is 16.0 Å². The highest BCUT2D eigenvalue weighted by atomic mass is 19.1. The summed E-state index contributed by atoms with van der Waals surface area (Å²) in [7, 11) is 0. The smallest absolute Gasteiger partial charge is 0.343 e. The molecule has 0 bridgehead atoms. The largest absolute Gasteiger partial charge is 0.480 e. The highest BCUT2D eigenvalue weighted by molar-refractivity contribution is 5.95. The van der Waals surface area contributed by atoms with Crippen molar-refractivity contribution in [3.63, 3.8) is 0 Å². The second-order valence-electron chi connectivity index (χ2n) is 16.6. The number of nitrogens with one attached hydrogen (secondary N) is 3. The van der Waals surface area contributed by atoms with Crippen molar-refractivity contribution >= 4 is 52.4 Å². The number of nitrogens with two attached hydrogens (primary N) is 2. The first kappa shape index (κ1) is 46.9. The summed E-state index contributed by atoms with van der Waals surface area (Å²) in [4.78, 5) is 111. The van der Waals surface area contributed by atoms with E-state index in [1.807, 2.05) is 0 Å². The number of aromatic nitrogens is 2. The molecule has 4 heterocycles. The lowest BCUT2D eigenvalue weighted by Gasteiger charge is -2.31. The zero-order valence-corrected chi connectivity index (χ0v) is 36.3. The number of halogens is 1. The molecule has 21 heteroatoms. The molecule has 4 aromatic rings. The first-order valence-corrected chi connectivity index (χ1v) is 21.4. The Morgan fingerprint density at radius 3 is 2.44 bits per heavy atom. The van der Waals surface area contributed by atoms with Crippen LogP contribution in [0.1, 0.15) is 64.8 Å². The lowest BCUT2D eigenvalue weighted by atomic mass is 9.81. The van der Waals surface area contributed by atoms with Gasteiger partial charge in [0.15, 0.2) is 5.60 Å². The summed E-state index contributed by atoms with van der Waals surface area (Å²) in [6.45, 7) is -0.269. The Morgan fingerprint density at radius 1 is 1.02 bits per heavy atom. The number of amides is 5. The van der Waals surface area contributed by atoms with Crippen molar-refractivity contribution in [1.29, 1.82) is 0 Å². The van der Waals surface area contributed by atoms with Gasteiger partial charge in [-0.15, -0.1) is 0 Å². The number of esters is 1. The Balaban J connectivity index is 1.15. The van der Waals surface area contributed by atoms with Crippen molar-refractivity contribution in [3.8, 4) is 11.4 Å². The third-order valence-electron chi connectivity index (χ3n) is 12.3. The Bertz CT molecular complexity index is 2730. The fraction of sp³-hybridized carbons (Fsp3) is 0.400. The normalized spacial score (nSPS) is 17.2. The van der Waals surface area contributed by atoms with Crippen LogP contribution in [0.15, 0.2) is 47.3 Å². The molecule has 7 rings (SSSR count). The van der Waals surface area contributed by atoms with Gasteiger partial charge in [0.1, 0.15) is 18.5 Å². The highest BCUT2D eigenvalue weighted by Gasteiger charge is 2.46. The van der Waals surface area contributed by atoms with E-state index in [0.717, 1.165) is 4.90 Å². The monoisotopic (exact) mass is 911 g/mol. The summed E-state index contributed by atoms with van der Waals surface area (Å²) >= 11 is 0. The molecular weight excluding hydrogens is 862 g/mol. The van der Waals surface area contributed by atoms with Crippen molar-refractivity contribution in [2.75, 3.05) is 45.8 Å². The molecule has 0 spiro atoms. The van der Waals surface area contributed by atoms with Crippen LogP contribution in [-0.2, 0) is 69.9 Å². The standard InChI is InChI=1S/C45H50FN9O11/c1-3-45(65)28-14-33-41-26(18-55(33)42(62)27(28)22-66-44(45)64)40-30(10-9-25-23(2)29(46)15-31(52-41)39(25)40)50-37(59)20-53(21-38(60)61)11-12-54(19-34(48)56)43(63)32(13-24-7-5-4-6-8-24)51-36(58)17-49-35(57)16-47/h4-8,14-15,30,32,65H,3,9-13,16-22,47H2,1-2H3,(H2,48,56)(H,49,57)(H,50,59)(H,51,58)(H,60,61)/t30-,32-,45-/m0/s1. The number of carbonyl (C=O) groups is 7. The molecule has 0 fully saturated rings. The molecule has 2 aromatic carbocycles. The van der Waals surface area contributed by atoms with Gasteiger partial charge in [0, 0.05) is 42.1 Å². The number of carbonyl (C=O) groups excluding carboxylic acids is 6. The van der Waals surface area contributed by atoms with E-state index < -0.39 is 96.7 Å².